The Bertz CT molecular complexity index is 217. The summed E-state index contributed by atoms with van der Waals surface area (Å²) in [4.78, 5) is 17.1. The number of rotatable bonds is 2. The van der Waals surface area contributed by atoms with Gasteiger partial charge in [-0.25, -0.2) is 4.98 Å². The number of nitrogens with one attached hydrogen (secondary N) is 2. The molecule has 1 rings (SSSR count). The first kappa shape index (κ1) is 15.2. The molecular formula is C10H21N3O. The van der Waals surface area contributed by atoms with E-state index in [0.29, 0.717) is 5.82 Å². The molecule has 0 radical (unpaired) electrons. The number of aromatic amines is 1. The molecule has 14 heavy (non-hydrogen) atoms. The molecule has 0 atom stereocenters. The van der Waals surface area contributed by atoms with E-state index in [4.69, 9.17) is 0 Å². The highest BCUT2D eigenvalue weighted by Gasteiger charge is 2.01. The van der Waals surface area contributed by atoms with Gasteiger partial charge in [-0.1, -0.05) is 34.1 Å². The number of unbranched alkanes of at least 4 members (excludes halogenated alkanes) is 1. The van der Waals surface area contributed by atoms with E-state index in [1.165, 1.54) is 19.0 Å². The zero-order valence-corrected chi connectivity index (χ0v) is 8.42. The molecule has 0 bridgehead atoms. The number of hydrogen-bond donors (Lipinski definition) is 2. The highest BCUT2D eigenvalue weighted by atomic mass is 16.2. The van der Waals surface area contributed by atoms with Gasteiger partial charge in [0.15, 0.2) is 5.82 Å². The summed E-state index contributed by atoms with van der Waals surface area (Å²) in [5, 5.41) is 2.43. The van der Waals surface area contributed by atoms with Crippen LogP contribution in [0.2, 0.25) is 0 Å². The van der Waals surface area contributed by atoms with Gasteiger partial charge in [0.2, 0.25) is 0 Å². The van der Waals surface area contributed by atoms with Gasteiger partial charge in [-0.05, 0) is 0 Å². The van der Waals surface area contributed by atoms with Gasteiger partial charge in [0.1, 0.15) is 0 Å². The van der Waals surface area contributed by atoms with Crippen LogP contribution in [0.5, 0.6) is 0 Å². The van der Waals surface area contributed by atoms with Crippen LogP contribution >= 0.6 is 0 Å². The quantitative estimate of drug-likeness (QED) is 0.767. The van der Waals surface area contributed by atoms with Crippen molar-refractivity contribution in [2.45, 2.75) is 34.1 Å². The Morgan fingerprint density at radius 3 is 2.36 bits per heavy atom. The lowest BCUT2D eigenvalue weighted by atomic mass is 10.4. The monoisotopic (exact) mass is 199 g/mol. The van der Waals surface area contributed by atoms with Crippen LogP contribution < -0.4 is 5.32 Å². The molecule has 0 aliphatic rings. The minimum absolute atomic E-state index is 0. The molecule has 0 aliphatic carbocycles. The van der Waals surface area contributed by atoms with Crippen molar-refractivity contribution in [3.05, 3.63) is 18.2 Å². The van der Waals surface area contributed by atoms with Crippen molar-refractivity contribution in [3.8, 4) is 0 Å². The van der Waals surface area contributed by atoms with Crippen LogP contribution in [0.1, 0.15) is 44.7 Å². The molecule has 0 unspecified atom stereocenters. The van der Waals surface area contributed by atoms with Crippen molar-refractivity contribution in [2.24, 2.45) is 0 Å². The molecule has 1 heterocycles. The van der Waals surface area contributed by atoms with E-state index in [-0.39, 0.29) is 13.3 Å². The molecule has 2 N–H and O–H groups in total. The minimum Gasteiger partial charge on any atom is -0.352 e. The van der Waals surface area contributed by atoms with Gasteiger partial charge < -0.3 is 10.3 Å². The predicted molar refractivity (Wildman–Crippen MR) is 59.3 cm³/mol. The first-order valence-electron chi connectivity index (χ1n) is 4.47. The predicted octanol–water partition coefficient (Wildman–Crippen LogP) is 2.21. The van der Waals surface area contributed by atoms with E-state index in [9.17, 15) is 4.79 Å². The van der Waals surface area contributed by atoms with Crippen LogP contribution in [0.15, 0.2) is 12.4 Å². The maximum atomic E-state index is 10.7. The minimum atomic E-state index is -0.194. The normalized spacial score (nSPS) is 7.93. The lowest BCUT2D eigenvalue weighted by Gasteiger charge is -1.90. The Balaban J connectivity index is 0. The number of aromatic nitrogens is 2. The molecule has 4 heteroatoms. The largest absolute Gasteiger partial charge is 0.352 e. The molecule has 0 fully saturated rings. The summed E-state index contributed by atoms with van der Waals surface area (Å²) in [5.41, 5.74) is 0. The Morgan fingerprint density at radius 2 is 2.07 bits per heavy atom. The Morgan fingerprint density at radius 1 is 1.50 bits per heavy atom. The number of hydrogen-bond acceptors (Lipinski definition) is 2. The molecule has 0 saturated heterocycles. The Hall–Kier alpha value is -1.32. The maximum Gasteiger partial charge on any atom is 0.286 e. The third kappa shape index (κ3) is 6.22. The second kappa shape index (κ2) is 9.77. The first-order valence-corrected chi connectivity index (χ1v) is 4.47. The summed E-state index contributed by atoms with van der Waals surface area (Å²) in [6.07, 6.45) is 5.77. The van der Waals surface area contributed by atoms with E-state index in [1.54, 1.807) is 13.2 Å². The molecule has 0 aliphatic heterocycles. The molecule has 4 nitrogen and oxygen atoms in total. The van der Waals surface area contributed by atoms with Crippen molar-refractivity contribution < 1.29 is 4.79 Å². The van der Waals surface area contributed by atoms with E-state index < -0.39 is 0 Å². The van der Waals surface area contributed by atoms with Gasteiger partial charge in [-0.15, -0.1) is 0 Å². The molecule has 1 aromatic heterocycles. The highest BCUT2D eigenvalue weighted by molar-refractivity contribution is 5.90. The van der Waals surface area contributed by atoms with Crippen LogP contribution in [0, 0.1) is 0 Å². The molecule has 1 aromatic rings. The summed E-state index contributed by atoms with van der Waals surface area (Å²) < 4.78 is 0. The average Bonchev–Trinajstić information content (AvgIpc) is 2.70. The van der Waals surface area contributed by atoms with Gasteiger partial charge in [0, 0.05) is 19.4 Å². The van der Waals surface area contributed by atoms with Crippen molar-refractivity contribution in [3.63, 3.8) is 0 Å². The van der Waals surface area contributed by atoms with Crippen LogP contribution in [0.4, 0.5) is 0 Å². The number of H-pyrrole nitrogens is 1. The van der Waals surface area contributed by atoms with E-state index in [2.05, 4.69) is 29.1 Å². The molecule has 0 aromatic carbocycles. The van der Waals surface area contributed by atoms with Crippen LogP contribution in [-0.2, 0) is 0 Å². The van der Waals surface area contributed by atoms with E-state index >= 15 is 0 Å². The van der Waals surface area contributed by atoms with Crippen molar-refractivity contribution in [1.29, 1.82) is 0 Å². The first-order chi connectivity index (χ1) is 6.26. The van der Waals surface area contributed by atoms with Crippen LogP contribution in [0.3, 0.4) is 0 Å². The summed E-state index contributed by atoms with van der Waals surface area (Å²) in [5.74, 6) is 0.150. The van der Waals surface area contributed by atoms with Gasteiger partial charge in [0.25, 0.3) is 5.91 Å². The molecule has 1 amide bonds. The van der Waals surface area contributed by atoms with Gasteiger partial charge in [-0.3, -0.25) is 4.79 Å². The van der Waals surface area contributed by atoms with Crippen molar-refractivity contribution in [2.75, 3.05) is 7.05 Å². The second-order valence-electron chi connectivity index (χ2n) is 2.52. The number of imidazole rings is 1. The SMILES string of the molecule is C.CCCC.CNC(=O)c1ncc[nH]1. The summed E-state index contributed by atoms with van der Waals surface area (Å²) in [6, 6.07) is 0. The van der Waals surface area contributed by atoms with Crippen molar-refractivity contribution >= 4 is 5.91 Å². The fraction of sp³-hybridized carbons (Fsp3) is 0.600. The standard InChI is InChI=1S/C5H7N3O.C4H10.CH4/c1-6-5(9)4-7-2-3-8-4;1-3-4-2;/h2-3H,1H3,(H,6,9)(H,7,8);3-4H2,1-2H3;1H4. The van der Waals surface area contributed by atoms with Gasteiger partial charge in [-0.2, -0.15) is 0 Å². The lowest BCUT2D eigenvalue weighted by molar-refractivity contribution is 0.0954. The topological polar surface area (TPSA) is 57.8 Å². The third-order valence-corrected chi connectivity index (χ3v) is 1.44. The second-order valence-corrected chi connectivity index (χ2v) is 2.52. The molecular weight excluding hydrogens is 178 g/mol. The Labute approximate surface area is 86.1 Å². The summed E-state index contributed by atoms with van der Waals surface area (Å²) >= 11 is 0. The Kier molecular flexibility index (Phi) is 10.6. The fourth-order valence-electron chi connectivity index (χ4n) is 0.508. The smallest absolute Gasteiger partial charge is 0.286 e. The zero-order valence-electron chi connectivity index (χ0n) is 8.42. The van der Waals surface area contributed by atoms with Crippen molar-refractivity contribution in [1.82, 2.24) is 15.3 Å². The molecule has 0 saturated carbocycles. The average molecular weight is 199 g/mol. The highest BCUT2D eigenvalue weighted by Crippen LogP contribution is 1.84. The molecule has 0 spiro atoms. The number of carbonyl (C=O) groups excluding carboxylic acids is 1. The molecule has 82 valence electrons. The maximum absolute atomic E-state index is 10.7. The number of nitrogens with zero attached hydrogens (tertiary/aromatic N) is 1. The van der Waals surface area contributed by atoms with Gasteiger partial charge in [0.05, 0.1) is 0 Å². The van der Waals surface area contributed by atoms with Gasteiger partial charge >= 0.3 is 0 Å². The van der Waals surface area contributed by atoms with E-state index in [0.717, 1.165) is 0 Å². The number of amides is 1. The van der Waals surface area contributed by atoms with Crippen LogP contribution in [-0.4, -0.2) is 22.9 Å². The van der Waals surface area contributed by atoms with E-state index in [1.807, 2.05) is 0 Å². The van der Waals surface area contributed by atoms with Crippen LogP contribution in [0.25, 0.3) is 0 Å². The number of carbonyl (C=O) groups is 1. The fourth-order valence-corrected chi connectivity index (χ4v) is 0.508. The lowest BCUT2D eigenvalue weighted by Crippen LogP contribution is -2.18. The zero-order chi connectivity index (χ0) is 10.1. The third-order valence-electron chi connectivity index (χ3n) is 1.44. The summed E-state index contributed by atoms with van der Waals surface area (Å²) in [6.45, 7) is 4.36. The summed E-state index contributed by atoms with van der Waals surface area (Å²) in [7, 11) is 1.56.